The Morgan fingerprint density at radius 1 is 1.09 bits per heavy atom. The molecule has 1 heterocycles. The van der Waals surface area contributed by atoms with Crippen LogP contribution in [0.2, 0.25) is 0 Å². The van der Waals surface area contributed by atoms with E-state index in [-0.39, 0.29) is 5.41 Å². The number of aromatic nitrogens is 3. The Kier molecular flexibility index (Phi) is 4.32. The van der Waals surface area contributed by atoms with Crippen LogP contribution in [0, 0.1) is 5.92 Å². The molecule has 0 spiro atoms. The molecule has 1 saturated carbocycles. The zero-order valence-electron chi connectivity index (χ0n) is 14.0. The van der Waals surface area contributed by atoms with E-state index in [9.17, 15) is 0 Å². The normalized spacial score (nSPS) is 24.2. The van der Waals surface area contributed by atoms with E-state index < -0.39 is 0 Å². The van der Waals surface area contributed by atoms with Gasteiger partial charge in [0.2, 0.25) is 0 Å². The van der Waals surface area contributed by atoms with Crippen molar-refractivity contribution in [3.8, 4) is 0 Å². The molecular formula is C19H27N3. The SMILES string of the molecule is CCCc1nnc(C2(c3ccccc3)CC(C)C2)n1CCC. The van der Waals surface area contributed by atoms with Gasteiger partial charge in [0.05, 0.1) is 5.41 Å². The minimum Gasteiger partial charge on any atom is -0.314 e. The van der Waals surface area contributed by atoms with Gasteiger partial charge in [0.15, 0.2) is 0 Å². The lowest BCUT2D eigenvalue weighted by atomic mass is 9.58. The van der Waals surface area contributed by atoms with Crippen LogP contribution in [-0.4, -0.2) is 14.8 Å². The summed E-state index contributed by atoms with van der Waals surface area (Å²) in [4.78, 5) is 0. The highest BCUT2D eigenvalue weighted by Crippen LogP contribution is 2.51. The molecule has 0 atom stereocenters. The Balaban J connectivity index is 2.06. The Labute approximate surface area is 133 Å². The van der Waals surface area contributed by atoms with Gasteiger partial charge >= 0.3 is 0 Å². The highest BCUT2D eigenvalue weighted by molar-refractivity contribution is 5.37. The van der Waals surface area contributed by atoms with Crippen LogP contribution >= 0.6 is 0 Å². The number of hydrogen-bond donors (Lipinski definition) is 0. The zero-order valence-corrected chi connectivity index (χ0v) is 14.0. The summed E-state index contributed by atoms with van der Waals surface area (Å²) in [6, 6.07) is 10.9. The van der Waals surface area contributed by atoms with Gasteiger partial charge in [0, 0.05) is 13.0 Å². The van der Waals surface area contributed by atoms with Crippen LogP contribution in [0.15, 0.2) is 30.3 Å². The van der Waals surface area contributed by atoms with Gasteiger partial charge in [-0.1, -0.05) is 51.1 Å². The smallest absolute Gasteiger partial charge is 0.143 e. The fourth-order valence-corrected chi connectivity index (χ4v) is 3.99. The van der Waals surface area contributed by atoms with E-state index in [4.69, 9.17) is 0 Å². The lowest BCUT2D eigenvalue weighted by Gasteiger charge is -2.46. The lowest BCUT2D eigenvalue weighted by molar-refractivity contribution is 0.183. The number of hydrogen-bond acceptors (Lipinski definition) is 2. The third-order valence-electron chi connectivity index (χ3n) is 4.90. The monoisotopic (exact) mass is 297 g/mol. The molecule has 0 bridgehead atoms. The Hall–Kier alpha value is -1.64. The first-order valence-corrected chi connectivity index (χ1v) is 8.69. The molecule has 0 amide bonds. The fourth-order valence-electron chi connectivity index (χ4n) is 3.99. The molecule has 3 rings (SSSR count). The molecule has 0 aliphatic heterocycles. The Bertz CT molecular complexity index is 609. The molecule has 3 heteroatoms. The molecule has 0 saturated heterocycles. The summed E-state index contributed by atoms with van der Waals surface area (Å²) in [6.45, 7) is 7.82. The molecule has 0 N–H and O–H groups in total. The van der Waals surface area contributed by atoms with Crippen LogP contribution in [0.5, 0.6) is 0 Å². The second-order valence-electron chi connectivity index (χ2n) is 6.80. The van der Waals surface area contributed by atoms with Crippen LogP contribution in [-0.2, 0) is 18.4 Å². The summed E-state index contributed by atoms with van der Waals surface area (Å²) in [5.74, 6) is 3.12. The number of nitrogens with zero attached hydrogens (tertiary/aromatic N) is 3. The predicted molar refractivity (Wildman–Crippen MR) is 89.9 cm³/mol. The third-order valence-corrected chi connectivity index (χ3v) is 4.90. The molecule has 22 heavy (non-hydrogen) atoms. The summed E-state index contributed by atoms with van der Waals surface area (Å²) in [5, 5.41) is 9.21. The van der Waals surface area contributed by atoms with Crippen molar-refractivity contribution in [2.45, 2.75) is 64.8 Å². The van der Waals surface area contributed by atoms with E-state index in [0.29, 0.717) is 0 Å². The fraction of sp³-hybridized carbons (Fsp3) is 0.579. The van der Waals surface area contributed by atoms with E-state index in [2.05, 4.69) is 65.9 Å². The number of benzene rings is 1. The highest BCUT2D eigenvalue weighted by atomic mass is 15.3. The first-order valence-electron chi connectivity index (χ1n) is 8.69. The second kappa shape index (κ2) is 6.23. The average Bonchev–Trinajstić information content (AvgIpc) is 2.89. The molecule has 1 fully saturated rings. The van der Waals surface area contributed by atoms with E-state index >= 15 is 0 Å². The van der Waals surface area contributed by atoms with Gasteiger partial charge < -0.3 is 4.57 Å². The number of rotatable bonds is 6. The molecule has 1 aliphatic carbocycles. The van der Waals surface area contributed by atoms with Crippen molar-refractivity contribution in [3.05, 3.63) is 47.5 Å². The van der Waals surface area contributed by atoms with Crippen molar-refractivity contribution in [2.24, 2.45) is 5.92 Å². The largest absolute Gasteiger partial charge is 0.314 e. The molecule has 0 unspecified atom stereocenters. The summed E-state index contributed by atoms with van der Waals surface area (Å²) in [7, 11) is 0. The van der Waals surface area contributed by atoms with Crippen molar-refractivity contribution in [1.82, 2.24) is 14.8 Å². The molecule has 2 aromatic rings. The van der Waals surface area contributed by atoms with Gasteiger partial charge in [0.1, 0.15) is 11.6 Å². The molecule has 1 aromatic carbocycles. The second-order valence-corrected chi connectivity index (χ2v) is 6.80. The van der Waals surface area contributed by atoms with E-state index in [1.165, 1.54) is 24.2 Å². The van der Waals surface area contributed by atoms with Gasteiger partial charge in [-0.2, -0.15) is 0 Å². The lowest BCUT2D eigenvalue weighted by Crippen LogP contribution is -2.43. The topological polar surface area (TPSA) is 30.7 Å². The first-order chi connectivity index (χ1) is 10.7. The maximum atomic E-state index is 4.67. The van der Waals surface area contributed by atoms with Crippen molar-refractivity contribution >= 4 is 0 Å². The van der Waals surface area contributed by atoms with Crippen molar-refractivity contribution in [2.75, 3.05) is 0 Å². The highest BCUT2D eigenvalue weighted by Gasteiger charge is 2.48. The van der Waals surface area contributed by atoms with Crippen molar-refractivity contribution in [3.63, 3.8) is 0 Å². The molecule has 1 aliphatic rings. The Morgan fingerprint density at radius 2 is 1.82 bits per heavy atom. The van der Waals surface area contributed by atoms with Crippen LogP contribution in [0.25, 0.3) is 0 Å². The summed E-state index contributed by atoms with van der Waals surface area (Å²) in [6.07, 6.45) is 5.64. The van der Waals surface area contributed by atoms with Gasteiger partial charge in [-0.15, -0.1) is 10.2 Å². The molecule has 118 valence electrons. The quantitative estimate of drug-likeness (QED) is 0.793. The maximum absolute atomic E-state index is 4.67. The van der Waals surface area contributed by atoms with Gasteiger partial charge in [-0.3, -0.25) is 0 Å². The van der Waals surface area contributed by atoms with Crippen molar-refractivity contribution < 1.29 is 0 Å². The van der Waals surface area contributed by atoms with E-state index in [1.54, 1.807) is 0 Å². The molecule has 1 aromatic heterocycles. The standard InChI is InChI=1S/C19H27N3/c1-4-9-17-20-21-18(22(17)12-5-2)19(13-15(3)14-19)16-10-7-6-8-11-16/h6-8,10-11,15H,4-5,9,12-14H2,1-3H3. The number of aryl methyl sites for hydroxylation is 1. The molecule has 3 nitrogen and oxygen atoms in total. The first kappa shape index (κ1) is 15.3. The van der Waals surface area contributed by atoms with Gasteiger partial charge in [0.25, 0.3) is 0 Å². The van der Waals surface area contributed by atoms with E-state index in [1.807, 2.05) is 0 Å². The van der Waals surface area contributed by atoms with Crippen LogP contribution < -0.4 is 0 Å². The average molecular weight is 297 g/mol. The van der Waals surface area contributed by atoms with Gasteiger partial charge in [-0.25, -0.2) is 0 Å². The zero-order chi connectivity index (χ0) is 15.6. The minimum absolute atomic E-state index is 0.0782. The summed E-state index contributed by atoms with van der Waals surface area (Å²) in [5.41, 5.74) is 1.48. The molecular weight excluding hydrogens is 270 g/mol. The predicted octanol–water partition coefficient (Wildman–Crippen LogP) is 4.36. The minimum atomic E-state index is 0.0782. The van der Waals surface area contributed by atoms with Crippen LogP contribution in [0.3, 0.4) is 0 Å². The third kappa shape index (κ3) is 2.47. The van der Waals surface area contributed by atoms with E-state index in [0.717, 1.165) is 37.5 Å². The van der Waals surface area contributed by atoms with Crippen LogP contribution in [0.1, 0.15) is 63.7 Å². The maximum Gasteiger partial charge on any atom is 0.143 e. The summed E-state index contributed by atoms with van der Waals surface area (Å²) >= 11 is 0. The van der Waals surface area contributed by atoms with Crippen molar-refractivity contribution in [1.29, 1.82) is 0 Å². The Morgan fingerprint density at radius 3 is 2.41 bits per heavy atom. The van der Waals surface area contributed by atoms with Crippen LogP contribution in [0.4, 0.5) is 0 Å². The van der Waals surface area contributed by atoms with Gasteiger partial charge in [-0.05, 0) is 37.2 Å². The summed E-state index contributed by atoms with van der Waals surface area (Å²) < 4.78 is 2.41. The molecule has 0 radical (unpaired) electrons.